The molecule has 5 rings (SSSR count). The van der Waals surface area contributed by atoms with Gasteiger partial charge in [-0.1, -0.05) is 72.3 Å². The van der Waals surface area contributed by atoms with Gasteiger partial charge in [0.2, 0.25) is 5.91 Å². The van der Waals surface area contributed by atoms with Crippen molar-refractivity contribution < 1.29 is 23.9 Å². The Labute approximate surface area is 293 Å². The molecule has 8 nitrogen and oxygen atoms in total. The highest BCUT2D eigenvalue weighted by molar-refractivity contribution is 8.00. The summed E-state index contributed by atoms with van der Waals surface area (Å²) in [6.45, 7) is 2.01. The maximum absolute atomic E-state index is 13.6. The highest BCUT2D eigenvalue weighted by atomic mass is 35.5. The van der Waals surface area contributed by atoms with Gasteiger partial charge in [-0.05, 0) is 96.9 Å². The van der Waals surface area contributed by atoms with Crippen molar-refractivity contribution in [3.8, 4) is 0 Å². The Bertz CT molecular complexity index is 1950. The molecule has 1 atom stereocenters. The molecule has 0 bridgehead atoms. The lowest BCUT2D eigenvalue weighted by molar-refractivity contribution is -0.116. The molecule has 0 spiro atoms. The van der Waals surface area contributed by atoms with E-state index < -0.39 is 23.0 Å². The largest absolute Gasteiger partial charge is 0.462 e. The molecule has 0 aromatic heterocycles. The first-order valence-electron chi connectivity index (χ1n) is 15.3. The van der Waals surface area contributed by atoms with Crippen LogP contribution in [0.1, 0.15) is 44.0 Å². The van der Waals surface area contributed by atoms with Crippen LogP contribution in [0, 0.1) is 0 Å². The Hall–Kier alpha value is -5.64. The number of carbonyl (C=O) groups is 4. The average molecular weight is 690 g/mol. The molecule has 5 aromatic carbocycles. The van der Waals surface area contributed by atoms with Gasteiger partial charge in [-0.25, -0.2) is 4.79 Å². The van der Waals surface area contributed by atoms with E-state index in [1.165, 1.54) is 11.8 Å². The maximum Gasteiger partial charge on any atom is 0.338 e. The first kappa shape index (κ1) is 34.7. The molecule has 0 heterocycles. The van der Waals surface area contributed by atoms with E-state index in [-0.39, 0.29) is 18.2 Å². The minimum Gasteiger partial charge on any atom is -0.462 e. The third-order valence-corrected chi connectivity index (χ3v) is 8.56. The smallest absolute Gasteiger partial charge is 0.338 e. The van der Waals surface area contributed by atoms with Crippen molar-refractivity contribution >= 4 is 64.5 Å². The van der Waals surface area contributed by atoms with Crippen molar-refractivity contribution in [2.75, 3.05) is 17.2 Å². The summed E-state index contributed by atoms with van der Waals surface area (Å²) in [5.74, 6) is -1.64. The SMILES string of the molecule is CCOC(=O)c1ccc(NC(=O)C(Sc2ccc(NC(=O)/C(=C/c3cccc(Cl)c3)NC(=O)c3ccccc3)cc2)c2ccccc2)cc1. The van der Waals surface area contributed by atoms with Gasteiger partial charge in [0, 0.05) is 26.9 Å². The number of nitrogens with one attached hydrogen (secondary N) is 3. The molecule has 0 aliphatic rings. The number of ether oxygens (including phenoxy) is 1. The quantitative estimate of drug-likeness (QED) is 0.0689. The molecule has 0 saturated heterocycles. The van der Waals surface area contributed by atoms with Gasteiger partial charge < -0.3 is 20.7 Å². The van der Waals surface area contributed by atoms with Gasteiger partial charge in [-0.3, -0.25) is 14.4 Å². The van der Waals surface area contributed by atoms with Crippen LogP contribution in [-0.2, 0) is 14.3 Å². The summed E-state index contributed by atoms with van der Waals surface area (Å²) in [6, 6.07) is 38.5. The monoisotopic (exact) mass is 689 g/mol. The van der Waals surface area contributed by atoms with Crippen LogP contribution in [0.3, 0.4) is 0 Å². The van der Waals surface area contributed by atoms with Crippen molar-refractivity contribution in [2.45, 2.75) is 17.1 Å². The molecular weight excluding hydrogens is 658 g/mol. The van der Waals surface area contributed by atoms with E-state index in [2.05, 4.69) is 16.0 Å². The highest BCUT2D eigenvalue weighted by Crippen LogP contribution is 2.37. The van der Waals surface area contributed by atoms with E-state index in [0.717, 1.165) is 10.5 Å². The molecule has 5 aromatic rings. The molecular formula is C39H32ClN3O5S. The van der Waals surface area contributed by atoms with Crippen molar-refractivity contribution in [3.63, 3.8) is 0 Å². The predicted octanol–water partition coefficient (Wildman–Crippen LogP) is 8.40. The summed E-state index contributed by atoms with van der Waals surface area (Å²) < 4.78 is 5.04. The zero-order chi connectivity index (χ0) is 34.6. The molecule has 49 heavy (non-hydrogen) atoms. The van der Waals surface area contributed by atoms with Crippen LogP contribution in [0.15, 0.2) is 144 Å². The zero-order valence-electron chi connectivity index (χ0n) is 26.4. The van der Waals surface area contributed by atoms with Crippen LogP contribution in [0.2, 0.25) is 5.02 Å². The van der Waals surface area contributed by atoms with Gasteiger partial charge in [0.1, 0.15) is 10.9 Å². The normalized spacial score (nSPS) is 11.6. The summed E-state index contributed by atoms with van der Waals surface area (Å²) in [5, 5.41) is 8.39. The fraction of sp³-hybridized carbons (Fsp3) is 0.0769. The van der Waals surface area contributed by atoms with Crippen molar-refractivity contribution in [1.29, 1.82) is 0 Å². The molecule has 0 aliphatic carbocycles. The number of hydrogen-bond acceptors (Lipinski definition) is 6. The number of benzene rings is 5. The van der Waals surface area contributed by atoms with Crippen LogP contribution in [0.4, 0.5) is 11.4 Å². The summed E-state index contributed by atoms with van der Waals surface area (Å²) in [4.78, 5) is 52.8. The third kappa shape index (κ3) is 9.93. The number of anilines is 2. The lowest BCUT2D eigenvalue weighted by Gasteiger charge is -2.18. The molecule has 3 amide bonds. The Morgan fingerprint density at radius 2 is 1.37 bits per heavy atom. The van der Waals surface area contributed by atoms with E-state index in [4.69, 9.17) is 16.3 Å². The maximum atomic E-state index is 13.6. The van der Waals surface area contributed by atoms with Gasteiger partial charge in [0.25, 0.3) is 11.8 Å². The lowest BCUT2D eigenvalue weighted by Crippen LogP contribution is -2.30. The number of amides is 3. The standard InChI is InChI=1S/C39H32ClN3O5S/c1-2-48-39(47)29-16-18-31(19-17-29)42-38(46)35(27-11-5-3-6-12-27)49-33-22-20-32(21-23-33)41-37(45)34(25-26-10-9-15-30(40)24-26)43-36(44)28-13-7-4-8-14-28/h3-25,35H,2H2,1H3,(H,41,45)(H,42,46)(H,43,44)/b34-25-. The molecule has 0 aliphatic heterocycles. The second kappa shape index (κ2) is 17.0. The third-order valence-electron chi connectivity index (χ3n) is 7.06. The van der Waals surface area contributed by atoms with Crippen LogP contribution in [0.5, 0.6) is 0 Å². The van der Waals surface area contributed by atoms with Crippen LogP contribution in [0.25, 0.3) is 6.08 Å². The van der Waals surface area contributed by atoms with Gasteiger partial charge in [0.05, 0.1) is 12.2 Å². The van der Waals surface area contributed by atoms with Crippen molar-refractivity contribution in [2.24, 2.45) is 0 Å². The minimum atomic E-state index is -0.605. The second-order valence-electron chi connectivity index (χ2n) is 10.6. The summed E-state index contributed by atoms with van der Waals surface area (Å²) in [5.41, 5.74) is 3.30. The second-order valence-corrected chi connectivity index (χ2v) is 12.2. The highest BCUT2D eigenvalue weighted by Gasteiger charge is 2.23. The summed E-state index contributed by atoms with van der Waals surface area (Å²) >= 11 is 7.50. The lowest BCUT2D eigenvalue weighted by atomic mass is 10.1. The first-order valence-corrected chi connectivity index (χ1v) is 16.6. The average Bonchev–Trinajstić information content (AvgIpc) is 3.12. The summed E-state index contributed by atoms with van der Waals surface area (Å²) in [6.07, 6.45) is 1.56. The number of thioether (sulfide) groups is 1. The Balaban J connectivity index is 1.30. The fourth-order valence-electron chi connectivity index (χ4n) is 4.67. The Morgan fingerprint density at radius 1 is 0.735 bits per heavy atom. The van der Waals surface area contributed by atoms with E-state index in [0.29, 0.717) is 33.1 Å². The van der Waals surface area contributed by atoms with Crippen LogP contribution in [-0.4, -0.2) is 30.3 Å². The van der Waals surface area contributed by atoms with E-state index in [9.17, 15) is 19.2 Å². The van der Waals surface area contributed by atoms with Crippen molar-refractivity contribution in [1.82, 2.24) is 5.32 Å². The van der Waals surface area contributed by atoms with Gasteiger partial charge >= 0.3 is 5.97 Å². The molecule has 0 saturated carbocycles. The number of halogens is 1. The zero-order valence-corrected chi connectivity index (χ0v) is 28.0. The molecule has 0 fully saturated rings. The predicted molar refractivity (Wildman–Crippen MR) is 194 cm³/mol. The summed E-state index contributed by atoms with van der Waals surface area (Å²) in [7, 11) is 0. The molecule has 1 unspecified atom stereocenters. The van der Waals surface area contributed by atoms with E-state index in [1.807, 2.05) is 30.3 Å². The molecule has 0 radical (unpaired) electrons. The Morgan fingerprint density at radius 3 is 2.02 bits per heavy atom. The topological polar surface area (TPSA) is 114 Å². The van der Waals surface area contributed by atoms with Gasteiger partial charge in [0.15, 0.2) is 0 Å². The minimum absolute atomic E-state index is 0.0330. The van der Waals surface area contributed by atoms with Gasteiger partial charge in [-0.2, -0.15) is 0 Å². The van der Waals surface area contributed by atoms with Crippen LogP contribution >= 0.6 is 23.4 Å². The van der Waals surface area contributed by atoms with E-state index in [1.54, 1.807) is 116 Å². The molecule has 10 heteroatoms. The first-order chi connectivity index (χ1) is 23.8. The number of rotatable bonds is 12. The number of hydrogen-bond donors (Lipinski definition) is 3. The molecule has 3 N–H and O–H groups in total. The van der Waals surface area contributed by atoms with Crippen molar-refractivity contribution in [3.05, 3.63) is 166 Å². The Kier molecular flexibility index (Phi) is 12.0. The van der Waals surface area contributed by atoms with Gasteiger partial charge in [-0.15, -0.1) is 11.8 Å². The van der Waals surface area contributed by atoms with Crippen LogP contribution < -0.4 is 16.0 Å². The fourth-order valence-corrected chi connectivity index (χ4v) is 5.89. The van der Waals surface area contributed by atoms with E-state index >= 15 is 0 Å². The number of carbonyl (C=O) groups excluding carboxylic acids is 4. The molecule has 246 valence electrons. The number of esters is 1.